The highest BCUT2D eigenvalue weighted by Gasteiger charge is 2.17. The minimum absolute atomic E-state index is 0.0172. The van der Waals surface area contributed by atoms with Crippen molar-refractivity contribution >= 4 is 21.0 Å². The quantitative estimate of drug-likeness (QED) is 0.665. The Morgan fingerprint density at radius 2 is 1.94 bits per heavy atom. The molecule has 1 heterocycles. The smallest absolute Gasteiger partial charge is 0.372 e. The van der Waals surface area contributed by atoms with Crippen LogP contribution in [0.3, 0.4) is 0 Å². The third-order valence-corrected chi connectivity index (χ3v) is 2.83. The highest BCUT2D eigenvalue weighted by molar-refractivity contribution is 7.86. The van der Waals surface area contributed by atoms with Crippen LogP contribution in [0.15, 0.2) is 37.1 Å². The normalized spacial score (nSPS) is 11.8. The Hall–Kier alpha value is -1.93. The summed E-state index contributed by atoms with van der Waals surface area (Å²) in [5.74, 6) is -0.995. The van der Waals surface area contributed by atoms with Crippen LogP contribution in [0.2, 0.25) is 0 Å². The molecule has 0 fully saturated rings. The van der Waals surface area contributed by atoms with E-state index < -0.39 is 26.4 Å². The van der Waals surface area contributed by atoms with Crippen molar-refractivity contribution in [1.82, 2.24) is 4.98 Å². The minimum Gasteiger partial charge on any atom is -0.372 e. The number of benzene rings is 1. The summed E-state index contributed by atoms with van der Waals surface area (Å²) in [5, 5.41) is -0.385. The summed E-state index contributed by atoms with van der Waals surface area (Å²) in [5.41, 5.74) is -1.14. The molecule has 0 radical (unpaired) electrons. The monoisotopic (exact) mass is 243 g/mol. The minimum atomic E-state index is -4.55. The molecule has 0 aliphatic heterocycles. The number of nitrogens with one attached hydrogen (secondary N) is 1. The Bertz CT molecular complexity index is 769. The molecule has 0 aliphatic carbocycles. The van der Waals surface area contributed by atoms with Crippen molar-refractivity contribution in [2.45, 2.75) is 4.90 Å². The zero-order chi connectivity index (χ0) is 11.9. The summed E-state index contributed by atoms with van der Waals surface area (Å²) in [6.45, 7) is 0. The molecule has 0 aliphatic rings. The molecule has 0 atom stereocenters. The first kappa shape index (κ1) is 10.6. The first-order valence-electron chi connectivity index (χ1n) is 4.03. The van der Waals surface area contributed by atoms with E-state index in [9.17, 15) is 18.0 Å². The van der Waals surface area contributed by atoms with Gasteiger partial charge in [0.2, 0.25) is 0 Å². The Morgan fingerprint density at radius 1 is 1.25 bits per heavy atom. The van der Waals surface area contributed by atoms with Gasteiger partial charge in [0.1, 0.15) is 10.3 Å². The van der Waals surface area contributed by atoms with Gasteiger partial charge >= 0.3 is 11.4 Å². The molecule has 0 spiro atoms. The summed E-state index contributed by atoms with van der Waals surface area (Å²) in [6, 6.07) is 3.63. The van der Waals surface area contributed by atoms with Crippen molar-refractivity contribution in [3.63, 3.8) is 0 Å². The highest BCUT2D eigenvalue weighted by Crippen LogP contribution is 2.16. The molecule has 2 N–H and O–H groups in total. The van der Waals surface area contributed by atoms with Gasteiger partial charge in [0.15, 0.2) is 0 Å². The first-order valence-corrected chi connectivity index (χ1v) is 5.47. The van der Waals surface area contributed by atoms with E-state index in [0.29, 0.717) is 0 Å². The molecule has 16 heavy (non-hydrogen) atoms. The standard InChI is InChI=1S/C8H5NO6S/c10-7-6-4(9-8(11)15-7)2-1-3-5(6)16(12,13)14/h1-3H,(H,9,11)(H,12,13,14). The average molecular weight is 243 g/mol. The lowest BCUT2D eigenvalue weighted by Crippen LogP contribution is -2.16. The van der Waals surface area contributed by atoms with Gasteiger partial charge in [-0.05, 0) is 12.1 Å². The zero-order valence-electron chi connectivity index (χ0n) is 7.63. The molecule has 0 unspecified atom stereocenters. The Kier molecular flexibility index (Phi) is 2.17. The third-order valence-electron chi connectivity index (χ3n) is 1.93. The van der Waals surface area contributed by atoms with Gasteiger partial charge in [-0.2, -0.15) is 8.42 Å². The second-order valence-corrected chi connectivity index (χ2v) is 4.35. The predicted molar refractivity (Wildman–Crippen MR) is 52.9 cm³/mol. The van der Waals surface area contributed by atoms with E-state index in [2.05, 4.69) is 9.40 Å². The van der Waals surface area contributed by atoms with Crippen LogP contribution < -0.4 is 11.4 Å². The van der Waals surface area contributed by atoms with Gasteiger partial charge in [0.25, 0.3) is 10.1 Å². The average Bonchev–Trinajstić information content (AvgIpc) is 2.14. The van der Waals surface area contributed by atoms with E-state index in [0.717, 1.165) is 6.07 Å². The number of aromatic amines is 1. The maximum Gasteiger partial charge on any atom is 0.419 e. The van der Waals surface area contributed by atoms with Crippen molar-refractivity contribution in [1.29, 1.82) is 0 Å². The molecule has 0 amide bonds. The molecule has 1 aromatic heterocycles. The van der Waals surface area contributed by atoms with Crippen molar-refractivity contribution in [2.24, 2.45) is 0 Å². The van der Waals surface area contributed by atoms with Crippen LogP contribution in [0.4, 0.5) is 0 Å². The van der Waals surface area contributed by atoms with E-state index in [-0.39, 0.29) is 10.9 Å². The van der Waals surface area contributed by atoms with Gasteiger partial charge in [0, 0.05) is 0 Å². The summed E-state index contributed by atoms with van der Waals surface area (Å²) < 4.78 is 35.0. The van der Waals surface area contributed by atoms with Gasteiger partial charge in [-0.3, -0.25) is 9.54 Å². The van der Waals surface area contributed by atoms with E-state index in [1.54, 1.807) is 0 Å². The topological polar surface area (TPSA) is 117 Å². The van der Waals surface area contributed by atoms with Gasteiger partial charge in [-0.15, -0.1) is 0 Å². The number of rotatable bonds is 1. The van der Waals surface area contributed by atoms with Gasteiger partial charge in [0.05, 0.1) is 5.52 Å². The van der Waals surface area contributed by atoms with Crippen LogP contribution in [0.1, 0.15) is 0 Å². The van der Waals surface area contributed by atoms with Gasteiger partial charge < -0.3 is 4.42 Å². The Morgan fingerprint density at radius 3 is 2.56 bits per heavy atom. The summed E-state index contributed by atoms with van der Waals surface area (Å²) >= 11 is 0. The SMILES string of the molecule is O=c1[nH]c2cccc(S(=O)(=O)O)c2c(=O)o1. The third kappa shape index (κ3) is 1.64. The van der Waals surface area contributed by atoms with Crippen LogP contribution in [-0.4, -0.2) is 18.0 Å². The molecular formula is C8H5NO6S. The van der Waals surface area contributed by atoms with Crippen LogP contribution in [0.25, 0.3) is 10.9 Å². The lowest BCUT2D eigenvalue weighted by Gasteiger charge is -2.00. The fraction of sp³-hybridized carbons (Fsp3) is 0. The number of H-pyrrole nitrogens is 1. The fourth-order valence-corrected chi connectivity index (χ4v) is 2.03. The molecule has 0 saturated heterocycles. The molecular weight excluding hydrogens is 238 g/mol. The second kappa shape index (κ2) is 3.29. The number of aromatic nitrogens is 1. The molecule has 8 heteroatoms. The molecule has 0 saturated carbocycles. The predicted octanol–water partition coefficient (Wildman–Crippen LogP) is -0.272. The lowest BCUT2D eigenvalue weighted by atomic mass is 10.2. The summed E-state index contributed by atoms with van der Waals surface area (Å²) in [6.07, 6.45) is 0. The van der Waals surface area contributed by atoms with E-state index in [4.69, 9.17) is 4.55 Å². The maximum absolute atomic E-state index is 11.3. The van der Waals surface area contributed by atoms with Crippen molar-refractivity contribution in [3.8, 4) is 0 Å². The summed E-state index contributed by atoms with van der Waals surface area (Å²) in [4.78, 5) is 23.7. The fourth-order valence-electron chi connectivity index (χ4n) is 1.33. The lowest BCUT2D eigenvalue weighted by molar-refractivity contribution is 0.456. The second-order valence-electron chi connectivity index (χ2n) is 2.96. The van der Waals surface area contributed by atoms with Gasteiger partial charge in [-0.25, -0.2) is 9.59 Å². The van der Waals surface area contributed by atoms with Crippen LogP contribution in [0.5, 0.6) is 0 Å². The summed E-state index contributed by atoms with van der Waals surface area (Å²) in [7, 11) is -4.55. The van der Waals surface area contributed by atoms with Crippen LogP contribution in [-0.2, 0) is 10.1 Å². The molecule has 2 rings (SSSR count). The van der Waals surface area contributed by atoms with Crippen LogP contribution in [0, 0.1) is 0 Å². The maximum atomic E-state index is 11.3. The molecule has 7 nitrogen and oxygen atoms in total. The molecule has 2 aromatic rings. The highest BCUT2D eigenvalue weighted by atomic mass is 32.2. The van der Waals surface area contributed by atoms with Crippen molar-refractivity contribution < 1.29 is 17.4 Å². The van der Waals surface area contributed by atoms with E-state index >= 15 is 0 Å². The van der Waals surface area contributed by atoms with Gasteiger partial charge in [-0.1, -0.05) is 6.07 Å². The molecule has 84 valence electrons. The van der Waals surface area contributed by atoms with Crippen molar-refractivity contribution in [2.75, 3.05) is 0 Å². The van der Waals surface area contributed by atoms with E-state index in [1.165, 1.54) is 12.1 Å². The Labute approximate surface area is 88.1 Å². The largest absolute Gasteiger partial charge is 0.419 e. The van der Waals surface area contributed by atoms with Crippen LogP contribution >= 0.6 is 0 Å². The Balaban J connectivity index is 3.11. The molecule has 0 bridgehead atoms. The number of hydrogen-bond donors (Lipinski definition) is 2. The number of hydrogen-bond acceptors (Lipinski definition) is 5. The zero-order valence-corrected chi connectivity index (χ0v) is 8.45. The van der Waals surface area contributed by atoms with E-state index in [1.807, 2.05) is 0 Å². The first-order chi connectivity index (χ1) is 7.39. The van der Waals surface area contributed by atoms with Crippen molar-refractivity contribution in [3.05, 3.63) is 39.2 Å². The molecule has 1 aromatic carbocycles. The number of fused-ring (bicyclic) bond motifs is 1.